The van der Waals surface area contributed by atoms with Gasteiger partial charge in [-0.25, -0.2) is 12.8 Å². The minimum absolute atomic E-state index is 0.0579. The number of anilines is 1. The number of methoxy groups -OCH3 is 2. The van der Waals surface area contributed by atoms with E-state index in [2.05, 4.69) is 9.82 Å². The molecule has 9 heteroatoms. The van der Waals surface area contributed by atoms with Gasteiger partial charge in [-0.1, -0.05) is 12.1 Å². The Kier molecular flexibility index (Phi) is 5.31. The van der Waals surface area contributed by atoms with E-state index in [0.717, 1.165) is 5.56 Å². The van der Waals surface area contributed by atoms with Crippen molar-refractivity contribution in [2.24, 2.45) is 0 Å². The van der Waals surface area contributed by atoms with E-state index in [0.29, 0.717) is 12.3 Å². The standard InChI is InChI=1S/C18H18FN3O4S/c1-25-15-7-8-16(26-2)17(11-15)27(23,24)21-18-9-10-22(20-18)12-13-3-5-14(19)6-4-13/h3-11H,12H2,1-2H3,(H,20,21). The van der Waals surface area contributed by atoms with Crippen LogP contribution in [0.3, 0.4) is 0 Å². The Morgan fingerprint density at radius 3 is 2.48 bits per heavy atom. The molecule has 0 saturated carbocycles. The van der Waals surface area contributed by atoms with E-state index in [1.807, 2.05) is 0 Å². The topological polar surface area (TPSA) is 82.5 Å². The number of hydrogen-bond donors (Lipinski definition) is 1. The van der Waals surface area contributed by atoms with Crippen molar-refractivity contribution in [3.63, 3.8) is 0 Å². The highest BCUT2D eigenvalue weighted by molar-refractivity contribution is 7.92. The number of hydrogen-bond acceptors (Lipinski definition) is 5. The molecule has 1 heterocycles. The molecule has 0 spiro atoms. The highest BCUT2D eigenvalue weighted by Gasteiger charge is 2.21. The molecule has 142 valence electrons. The van der Waals surface area contributed by atoms with Crippen molar-refractivity contribution in [1.82, 2.24) is 9.78 Å². The van der Waals surface area contributed by atoms with E-state index in [4.69, 9.17) is 9.47 Å². The number of benzene rings is 2. The summed E-state index contributed by atoms with van der Waals surface area (Å²) in [5, 5.41) is 4.20. The van der Waals surface area contributed by atoms with Crippen LogP contribution in [0.25, 0.3) is 0 Å². The molecule has 0 saturated heterocycles. The number of nitrogens with one attached hydrogen (secondary N) is 1. The number of aromatic nitrogens is 2. The molecule has 7 nitrogen and oxygen atoms in total. The predicted octanol–water partition coefficient (Wildman–Crippen LogP) is 2.89. The third-order valence-corrected chi connectivity index (χ3v) is 5.17. The van der Waals surface area contributed by atoms with E-state index >= 15 is 0 Å². The van der Waals surface area contributed by atoms with Gasteiger partial charge in [0.2, 0.25) is 0 Å². The van der Waals surface area contributed by atoms with E-state index in [1.54, 1.807) is 29.1 Å². The monoisotopic (exact) mass is 391 g/mol. The Morgan fingerprint density at radius 2 is 1.81 bits per heavy atom. The molecule has 0 amide bonds. The second-order valence-corrected chi connectivity index (χ2v) is 7.30. The average molecular weight is 391 g/mol. The van der Waals surface area contributed by atoms with Crippen molar-refractivity contribution in [1.29, 1.82) is 0 Å². The van der Waals surface area contributed by atoms with Crippen LogP contribution in [-0.2, 0) is 16.6 Å². The minimum Gasteiger partial charge on any atom is -0.497 e. The summed E-state index contributed by atoms with van der Waals surface area (Å²) in [5.41, 5.74) is 0.836. The number of halogens is 1. The molecule has 1 N–H and O–H groups in total. The largest absolute Gasteiger partial charge is 0.497 e. The van der Waals surface area contributed by atoms with Gasteiger partial charge in [0.1, 0.15) is 22.2 Å². The third kappa shape index (κ3) is 4.37. The lowest BCUT2D eigenvalue weighted by Gasteiger charge is -2.11. The van der Waals surface area contributed by atoms with Crippen LogP contribution in [0.4, 0.5) is 10.2 Å². The molecule has 2 aromatic carbocycles. The number of nitrogens with zero attached hydrogens (tertiary/aromatic N) is 2. The molecule has 0 aliphatic heterocycles. The summed E-state index contributed by atoms with van der Waals surface area (Å²) in [6, 6.07) is 12.0. The van der Waals surface area contributed by atoms with Crippen LogP contribution in [0.5, 0.6) is 11.5 Å². The fourth-order valence-corrected chi connectivity index (χ4v) is 3.65. The maximum Gasteiger partial charge on any atom is 0.266 e. The van der Waals surface area contributed by atoms with Crippen LogP contribution in [0.15, 0.2) is 59.6 Å². The zero-order valence-electron chi connectivity index (χ0n) is 14.7. The summed E-state index contributed by atoms with van der Waals surface area (Å²) in [6.45, 7) is 0.379. The van der Waals surface area contributed by atoms with E-state index in [-0.39, 0.29) is 22.3 Å². The van der Waals surface area contributed by atoms with Crippen molar-refractivity contribution in [3.8, 4) is 11.5 Å². The highest BCUT2D eigenvalue weighted by Crippen LogP contribution is 2.29. The molecule has 0 atom stereocenters. The predicted molar refractivity (Wildman–Crippen MR) is 98.1 cm³/mol. The summed E-state index contributed by atoms with van der Waals surface area (Å²) in [5.74, 6) is 0.411. The third-order valence-electron chi connectivity index (χ3n) is 3.80. The molecule has 0 fully saturated rings. The fourth-order valence-electron chi connectivity index (χ4n) is 2.47. The molecule has 0 aliphatic carbocycles. The maximum atomic E-state index is 13.0. The fraction of sp³-hybridized carbons (Fsp3) is 0.167. The Balaban J connectivity index is 1.81. The summed E-state index contributed by atoms with van der Waals surface area (Å²) in [6.07, 6.45) is 1.63. The summed E-state index contributed by atoms with van der Waals surface area (Å²) >= 11 is 0. The van der Waals surface area contributed by atoms with Crippen LogP contribution >= 0.6 is 0 Å². The molecule has 3 aromatic rings. The van der Waals surface area contributed by atoms with Gasteiger partial charge in [0, 0.05) is 18.3 Å². The molecule has 1 aromatic heterocycles. The first-order valence-corrected chi connectivity index (χ1v) is 9.42. The van der Waals surface area contributed by atoms with E-state index < -0.39 is 10.0 Å². The van der Waals surface area contributed by atoms with Crippen LogP contribution in [0.1, 0.15) is 5.56 Å². The van der Waals surface area contributed by atoms with Gasteiger partial charge in [-0.3, -0.25) is 9.40 Å². The van der Waals surface area contributed by atoms with Gasteiger partial charge in [-0.15, -0.1) is 0 Å². The van der Waals surface area contributed by atoms with Gasteiger partial charge < -0.3 is 9.47 Å². The van der Waals surface area contributed by atoms with Gasteiger partial charge in [0.25, 0.3) is 10.0 Å². The first-order valence-electron chi connectivity index (χ1n) is 7.94. The Morgan fingerprint density at radius 1 is 1.07 bits per heavy atom. The van der Waals surface area contributed by atoms with Crippen LogP contribution in [0, 0.1) is 5.82 Å². The molecule has 0 aliphatic rings. The van der Waals surface area contributed by atoms with Crippen molar-refractivity contribution in [2.45, 2.75) is 11.4 Å². The average Bonchev–Trinajstić information content (AvgIpc) is 3.09. The highest BCUT2D eigenvalue weighted by atomic mass is 32.2. The lowest BCUT2D eigenvalue weighted by molar-refractivity contribution is 0.392. The second kappa shape index (κ2) is 7.67. The first kappa shape index (κ1) is 18.7. The van der Waals surface area contributed by atoms with Gasteiger partial charge in [0.15, 0.2) is 5.82 Å². The van der Waals surface area contributed by atoms with Crippen molar-refractivity contribution < 1.29 is 22.3 Å². The molecule has 0 unspecified atom stereocenters. The minimum atomic E-state index is -3.93. The molecular weight excluding hydrogens is 373 g/mol. The zero-order valence-corrected chi connectivity index (χ0v) is 15.5. The van der Waals surface area contributed by atoms with Crippen molar-refractivity contribution >= 4 is 15.8 Å². The molecule has 27 heavy (non-hydrogen) atoms. The van der Waals surface area contributed by atoms with Gasteiger partial charge in [0.05, 0.1) is 20.8 Å². The van der Waals surface area contributed by atoms with Gasteiger partial charge in [-0.05, 0) is 29.8 Å². The number of sulfonamides is 1. The lowest BCUT2D eigenvalue weighted by Crippen LogP contribution is -2.15. The SMILES string of the molecule is COc1ccc(OC)c(S(=O)(=O)Nc2ccn(Cc3ccc(F)cc3)n2)c1. The Labute approximate surface area is 156 Å². The molecule has 3 rings (SSSR count). The Bertz CT molecular complexity index is 1030. The zero-order chi connectivity index (χ0) is 19.4. The lowest BCUT2D eigenvalue weighted by atomic mass is 10.2. The molecular formula is C18H18FN3O4S. The van der Waals surface area contributed by atoms with Crippen molar-refractivity contribution in [2.75, 3.05) is 18.9 Å². The summed E-state index contributed by atoms with van der Waals surface area (Å²) in [7, 11) is -1.10. The van der Waals surface area contributed by atoms with Crippen LogP contribution in [0.2, 0.25) is 0 Å². The smallest absolute Gasteiger partial charge is 0.266 e. The van der Waals surface area contributed by atoms with Crippen LogP contribution < -0.4 is 14.2 Å². The van der Waals surface area contributed by atoms with Crippen molar-refractivity contribution in [3.05, 3.63) is 66.1 Å². The second-order valence-electron chi connectivity index (χ2n) is 5.65. The van der Waals surface area contributed by atoms with Crippen LogP contribution in [-0.4, -0.2) is 32.4 Å². The number of ether oxygens (including phenoxy) is 2. The van der Waals surface area contributed by atoms with Gasteiger partial charge >= 0.3 is 0 Å². The molecule has 0 radical (unpaired) electrons. The van der Waals surface area contributed by atoms with E-state index in [9.17, 15) is 12.8 Å². The normalized spacial score (nSPS) is 11.2. The Hall–Kier alpha value is -3.07. The summed E-state index contributed by atoms with van der Waals surface area (Å²) in [4.78, 5) is -0.0579. The quantitative estimate of drug-likeness (QED) is 0.670. The number of rotatable bonds is 7. The van der Waals surface area contributed by atoms with E-state index in [1.165, 1.54) is 44.6 Å². The van der Waals surface area contributed by atoms with Gasteiger partial charge in [-0.2, -0.15) is 5.10 Å². The summed E-state index contributed by atoms with van der Waals surface area (Å²) < 4.78 is 52.6. The molecule has 0 bridgehead atoms. The maximum absolute atomic E-state index is 13.0. The first-order chi connectivity index (χ1) is 12.9.